The van der Waals surface area contributed by atoms with Gasteiger partial charge in [0.2, 0.25) is 0 Å². The molecule has 0 aromatic carbocycles. The van der Waals surface area contributed by atoms with E-state index in [2.05, 4.69) is 62.4 Å². The number of carbonyl (C=O) groups is 3. The number of hydrogen-bond donors (Lipinski definition) is 2. The Hall–Kier alpha value is -2.78. The summed E-state index contributed by atoms with van der Waals surface area (Å²) in [5.41, 5.74) is 0.630. The van der Waals surface area contributed by atoms with Gasteiger partial charge in [0.1, 0.15) is 11.9 Å². The van der Waals surface area contributed by atoms with Crippen LogP contribution in [0.15, 0.2) is 35.5 Å². The molecule has 1 aromatic heterocycles. The van der Waals surface area contributed by atoms with Crippen molar-refractivity contribution in [3.63, 3.8) is 0 Å². The molecule has 9 nitrogen and oxygen atoms in total. The molecule has 0 amide bonds. The topological polar surface area (TPSA) is 120 Å². The summed E-state index contributed by atoms with van der Waals surface area (Å²) < 4.78 is 6.14. The van der Waals surface area contributed by atoms with Gasteiger partial charge in [0.25, 0.3) is 0 Å². The van der Waals surface area contributed by atoms with E-state index in [-0.39, 0.29) is 46.4 Å². The summed E-state index contributed by atoms with van der Waals surface area (Å²) in [4.78, 5) is 48.2. The molecule has 5 aliphatic carbocycles. The van der Waals surface area contributed by atoms with Gasteiger partial charge in [-0.25, -0.2) is 4.98 Å². The van der Waals surface area contributed by atoms with Gasteiger partial charge in [-0.05, 0) is 123 Å². The van der Waals surface area contributed by atoms with Gasteiger partial charge < -0.3 is 19.8 Å². The molecule has 7 rings (SSSR count). The lowest BCUT2D eigenvalue weighted by molar-refractivity contribution is -0.204. The molecule has 0 radical (unpaired) electrons. The van der Waals surface area contributed by atoms with Crippen LogP contribution in [-0.2, 0) is 19.1 Å². The summed E-state index contributed by atoms with van der Waals surface area (Å²) in [6.07, 6.45) is 9.44. The van der Waals surface area contributed by atoms with Crippen LogP contribution in [0.2, 0.25) is 0 Å². The van der Waals surface area contributed by atoms with Crippen LogP contribution in [0.5, 0.6) is 0 Å². The number of aromatic nitrogens is 1. The number of ketones is 1. The van der Waals surface area contributed by atoms with Crippen LogP contribution in [0.25, 0.3) is 0 Å². The fourth-order valence-corrected chi connectivity index (χ4v) is 13.3. The van der Waals surface area contributed by atoms with Crippen LogP contribution in [-0.4, -0.2) is 82.8 Å². The smallest absolute Gasteiger partial charge is 0.309 e. The summed E-state index contributed by atoms with van der Waals surface area (Å²) in [7, 11) is 0. The lowest BCUT2D eigenvalue weighted by atomic mass is 9.35. The van der Waals surface area contributed by atoms with Gasteiger partial charge in [0, 0.05) is 56.2 Å². The predicted octanol–water partition coefficient (Wildman–Crippen LogP) is 7.57. The number of Topliss-reactive ketones (excluding diaryl/α,β-unsaturated/α-hetero) is 1. The van der Waals surface area contributed by atoms with Crippen LogP contribution in [0.1, 0.15) is 120 Å². The van der Waals surface area contributed by atoms with E-state index in [9.17, 15) is 24.6 Å². The molecule has 4 saturated carbocycles. The number of esters is 1. The highest BCUT2D eigenvalue weighted by molar-refractivity contribution is 6.00. The van der Waals surface area contributed by atoms with Crippen LogP contribution < -0.4 is 4.90 Å². The number of hydrogen-bond acceptors (Lipinski definition) is 8. The second-order valence-corrected chi connectivity index (χ2v) is 20.4. The molecular formula is C45H67N3O6. The number of β-amino-alcohol motifs (C(OH)–C–C–N with tert-alkyl or cyclic N) is 1. The maximum Gasteiger partial charge on any atom is 0.309 e. The lowest BCUT2D eigenvalue weighted by Crippen LogP contribution is -2.63. The number of aliphatic carboxylic acids is 1. The summed E-state index contributed by atoms with van der Waals surface area (Å²) in [5.74, 6) is 1.80. The fraction of sp³-hybridized carbons (Fsp3) is 0.778. The van der Waals surface area contributed by atoms with E-state index in [4.69, 9.17) is 4.74 Å². The molecule has 298 valence electrons. The van der Waals surface area contributed by atoms with Crippen molar-refractivity contribution in [1.82, 2.24) is 9.88 Å². The third-order valence-corrected chi connectivity index (χ3v) is 16.7. The summed E-state index contributed by atoms with van der Waals surface area (Å²) in [5, 5.41) is 22.0. The minimum atomic E-state index is -1.16. The van der Waals surface area contributed by atoms with Crippen molar-refractivity contribution in [3.8, 4) is 0 Å². The Morgan fingerprint density at radius 3 is 2.31 bits per heavy atom. The number of fused-ring (bicyclic) bond motifs is 7. The van der Waals surface area contributed by atoms with Crippen LogP contribution in [0.3, 0.4) is 0 Å². The number of nitrogens with zero attached hydrogens (tertiary/aromatic N) is 3. The highest BCUT2D eigenvalue weighted by Gasteiger charge is 2.68. The standard InChI is InChI=1S/C45H67N3O6/c1-28(2)38-33(49)25-45(34(50)27-47-21-23-48(24-22-47)36-11-9-10-20-46-36)19-18-44(8)32(39(38)45)14-13-31-29-12-15-35(54-37(51)26-41(3,4)40(52)53)42(5,6)30(29)16-17-43(31,44)7/h9-11,20,28-32,34-35,50H,12-19,21-27H2,1-8H3,(H,52,53). The zero-order valence-corrected chi connectivity index (χ0v) is 34.3. The zero-order chi connectivity index (χ0) is 39.0. The number of carboxylic acid groups (broad SMARTS) is 1. The van der Waals surface area contributed by atoms with E-state index in [1.165, 1.54) is 5.57 Å². The number of carbonyl (C=O) groups excluding carboxylic acids is 2. The highest BCUT2D eigenvalue weighted by atomic mass is 16.5. The maximum atomic E-state index is 14.1. The number of piperazine rings is 1. The molecule has 1 saturated heterocycles. The SMILES string of the molecule is CC(C)C1=C2C3CCC4C5CCC(OC(=O)CC(C)(C)C(=O)O)C(C)(C)C5CCC4(C)C3(C)CCC2(C(O)CN2CCN(c3ccccn3)CC2)CC1=O. The average Bonchev–Trinajstić information content (AvgIpc) is 3.43. The van der Waals surface area contributed by atoms with Crippen molar-refractivity contribution < 1.29 is 29.3 Å². The number of aliphatic hydroxyl groups excluding tert-OH is 1. The molecule has 0 bridgehead atoms. The average molecular weight is 746 g/mol. The normalized spacial score (nSPS) is 37.3. The number of anilines is 1. The van der Waals surface area contributed by atoms with Crippen molar-refractivity contribution in [2.45, 2.75) is 132 Å². The minimum Gasteiger partial charge on any atom is -0.481 e. The van der Waals surface area contributed by atoms with E-state index in [1.807, 2.05) is 18.3 Å². The van der Waals surface area contributed by atoms with Crippen LogP contribution >= 0.6 is 0 Å². The van der Waals surface area contributed by atoms with Crippen molar-refractivity contribution in [2.75, 3.05) is 37.6 Å². The van der Waals surface area contributed by atoms with Crippen molar-refractivity contribution in [3.05, 3.63) is 35.5 Å². The first kappa shape index (κ1) is 39.5. The Kier molecular flexibility index (Phi) is 10.2. The molecule has 5 fully saturated rings. The Balaban J connectivity index is 1.10. The molecule has 9 unspecified atom stereocenters. The van der Waals surface area contributed by atoms with Gasteiger partial charge in [-0.2, -0.15) is 0 Å². The van der Waals surface area contributed by atoms with Gasteiger partial charge in [-0.15, -0.1) is 0 Å². The van der Waals surface area contributed by atoms with Crippen molar-refractivity contribution in [1.29, 1.82) is 0 Å². The molecule has 0 spiro atoms. The van der Waals surface area contributed by atoms with E-state index < -0.39 is 28.9 Å². The monoisotopic (exact) mass is 746 g/mol. The number of pyridine rings is 1. The Labute approximate surface area is 323 Å². The van der Waals surface area contributed by atoms with E-state index in [0.717, 1.165) is 88.9 Å². The first-order chi connectivity index (χ1) is 25.4. The van der Waals surface area contributed by atoms with Gasteiger partial charge in [0.05, 0.1) is 17.9 Å². The Morgan fingerprint density at radius 1 is 0.944 bits per heavy atom. The van der Waals surface area contributed by atoms with Crippen molar-refractivity contribution >= 4 is 23.5 Å². The zero-order valence-electron chi connectivity index (χ0n) is 34.3. The van der Waals surface area contributed by atoms with Gasteiger partial charge >= 0.3 is 11.9 Å². The fourth-order valence-electron chi connectivity index (χ4n) is 13.3. The number of ether oxygens (including phenoxy) is 1. The highest BCUT2D eigenvalue weighted by Crippen LogP contribution is 2.74. The quantitative estimate of drug-likeness (QED) is 0.247. The summed E-state index contributed by atoms with van der Waals surface area (Å²) in [6.45, 7) is 21.3. The third-order valence-electron chi connectivity index (χ3n) is 16.7. The third kappa shape index (κ3) is 6.26. The second-order valence-electron chi connectivity index (χ2n) is 20.4. The Bertz CT molecular complexity index is 1650. The number of allylic oxidation sites excluding steroid dienone is 1. The van der Waals surface area contributed by atoms with Gasteiger partial charge in [-0.1, -0.05) is 53.2 Å². The van der Waals surface area contributed by atoms with Crippen molar-refractivity contribution in [2.24, 2.45) is 56.7 Å². The lowest BCUT2D eigenvalue weighted by Gasteiger charge is -2.69. The number of aliphatic hydroxyl groups is 1. The molecular weight excluding hydrogens is 679 g/mol. The minimum absolute atomic E-state index is 0.0222. The molecule has 9 atom stereocenters. The largest absolute Gasteiger partial charge is 0.481 e. The number of rotatable bonds is 9. The molecule has 54 heavy (non-hydrogen) atoms. The number of carboxylic acids is 1. The van der Waals surface area contributed by atoms with Crippen LogP contribution in [0, 0.1) is 56.7 Å². The Morgan fingerprint density at radius 2 is 1.67 bits per heavy atom. The van der Waals surface area contributed by atoms with E-state index in [1.54, 1.807) is 13.8 Å². The first-order valence-corrected chi connectivity index (χ1v) is 21.1. The molecule has 2 N–H and O–H groups in total. The summed E-state index contributed by atoms with van der Waals surface area (Å²) in [6, 6.07) is 6.05. The van der Waals surface area contributed by atoms with Gasteiger partial charge in [0.15, 0.2) is 5.78 Å². The summed E-state index contributed by atoms with van der Waals surface area (Å²) >= 11 is 0. The molecule has 1 aliphatic heterocycles. The van der Waals surface area contributed by atoms with Crippen LogP contribution in [0.4, 0.5) is 5.82 Å². The van der Waals surface area contributed by atoms with Gasteiger partial charge in [-0.3, -0.25) is 19.3 Å². The molecule has 6 aliphatic rings. The van der Waals surface area contributed by atoms with E-state index in [0.29, 0.717) is 30.7 Å². The second kappa shape index (κ2) is 14.0. The predicted molar refractivity (Wildman–Crippen MR) is 210 cm³/mol. The van der Waals surface area contributed by atoms with E-state index >= 15 is 0 Å². The molecule has 1 aromatic rings. The molecule has 2 heterocycles. The maximum absolute atomic E-state index is 14.1. The first-order valence-electron chi connectivity index (χ1n) is 21.1. The molecule has 9 heteroatoms.